The number of nitrogens with zero attached hydrogens (tertiary/aromatic N) is 1. The number of amides is 2. The Morgan fingerprint density at radius 3 is 2.42 bits per heavy atom. The molecule has 1 atom stereocenters. The minimum atomic E-state index is -0.761. The summed E-state index contributed by atoms with van der Waals surface area (Å²) in [7, 11) is 3.06. The third-order valence-corrected chi connectivity index (χ3v) is 8.25. The summed E-state index contributed by atoms with van der Waals surface area (Å²) in [5.74, 6) is 0.134. The molecule has 2 aromatic carbocycles. The van der Waals surface area contributed by atoms with Gasteiger partial charge in [0.2, 0.25) is 5.91 Å². The molecule has 2 N–H and O–H groups in total. The molecule has 0 aliphatic heterocycles. The number of thioether (sulfide) groups is 1. The van der Waals surface area contributed by atoms with Gasteiger partial charge >= 0.3 is 0 Å². The van der Waals surface area contributed by atoms with Crippen LogP contribution in [0.2, 0.25) is 0 Å². The molecule has 2 aromatic rings. The molecule has 8 heteroatoms. The van der Waals surface area contributed by atoms with Crippen molar-refractivity contribution >= 4 is 36.1 Å². The van der Waals surface area contributed by atoms with Gasteiger partial charge in [0.05, 0.1) is 11.6 Å². The fraction of sp³-hybridized carbons (Fsp3) is 0.467. The SMILES string of the molecule is CNC(=O)CCC(C=O)N(C)C(=O)c1c(C=O)cccc1SCCc1ccc(CNC2CCCCC2)cc1. The maximum Gasteiger partial charge on any atom is 0.256 e. The first-order valence-electron chi connectivity index (χ1n) is 13.4. The van der Waals surface area contributed by atoms with Crippen molar-refractivity contribution in [1.29, 1.82) is 0 Å². The first-order chi connectivity index (χ1) is 18.5. The lowest BCUT2D eigenvalue weighted by Gasteiger charge is -2.25. The van der Waals surface area contributed by atoms with E-state index < -0.39 is 11.9 Å². The van der Waals surface area contributed by atoms with E-state index >= 15 is 0 Å². The summed E-state index contributed by atoms with van der Waals surface area (Å²) in [6, 6.07) is 13.7. The van der Waals surface area contributed by atoms with Crippen molar-refractivity contribution < 1.29 is 19.2 Å². The number of hydrogen-bond donors (Lipinski definition) is 2. The van der Waals surface area contributed by atoms with Crippen molar-refractivity contribution in [2.45, 2.75) is 74.9 Å². The van der Waals surface area contributed by atoms with E-state index in [1.165, 1.54) is 74.0 Å². The fourth-order valence-electron chi connectivity index (χ4n) is 4.75. The van der Waals surface area contributed by atoms with Crippen molar-refractivity contribution in [1.82, 2.24) is 15.5 Å². The Morgan fingerprint density at radius 2 is 1.76 bits per heavy atom. The van der Waals surface area contributed by atoms with E-state index in [0.29, 0.717) is 29.1 Å². The molecule has 1 unspecified atom stereocenters. The summed E-state index contributed by atoms with van der Waals surface area (Å²) < 4.78 is 0. The first-order valence-corrected chi connectivity index (χ1v) is 14.4. The second-order valence-corrected chi connectivity index (χ2v) is 10.9. The first kappa shape index (κ1) is 29.6. The molecule has 0 spiro atoms. The van der Waals surface area contributed by atoms with Crippen LogP contribution in [-0.2, 0) is 22.6 Å². The zero-order chi connectivity index (χ0) is 27.3. The van der Waals surface area contributed by atoms with Gasteiger partial charge in [0.1, 0.15) is 6.29 Å². The van der Waals surface area contributed by atoms with E-state index in [1.54, 1.807) is 12.1 Å². The number of aryl methyl sites for hydroxylation is 1. The van der Waals surface area contributed by atoms with Crippen molar-refractivity contribution in [3.8, 4) is 0 Å². The van der Waals surface area contributed by atoms with Gasteiger partial charge in [0, 0.05) is 49.3 Å². The summed E-state index contributed by atoms with van der Waals surface area (Å²) in [4.78, 5) is 50.5. The Bertz CT molecular complexity index is 1080. The molecule has 3 rings (SSSR count). The highest BCUT2D eigenvalue weighted by atomic mass is 32.2. The number of rotatable bonds is 14. The fourth-order valence-corrected chi connectivity index (χ4v) is 5.83. The topological polar surface area (TPSA) is 95.6 Å². The Morgan fingerprint density at radius 1 is 1.05 bits per heavy atom. The van der Waals surface area contributed by atoms with E-state index in [4.69, 9.17) is 0 Å². The number of likely N-dealkylation sites (N-methyl/N-ethyl adjacent to an activating group) is 1. The predicted octanol–water partition coefficient (Wildman–Crippen LogP) is 4.42. The van der Waals surface area contributed by atoms with Crippen LogP contribution in [-0.4, -0.2) is 61.2 Å². The van der Waals surface area contributed by atoms with Crippen LogP contribution in [0.25, 0.3) is 0 Å². The van der Waals surface area contributed by atoms with Gasteiger partial charge in [-0.05, 0) is 42.9 Å². The van der Waals surface area contributed by atoms with Gasteiger partial charge in [-0.2, -0.15) is 0 Å². The third-order valence-electron chi connectivity index (χ3n) is 7.19. The molecule has 7 nitrogen and oxygen atoms in total. The molecule has 0 saturated heterocycles. The van der Waals surface area contributed by atoms with E-state index in [0.717, 1.165) is 18.7 Å². The second kappa shape index (κ2) is 15.4. The number of aldehydes is 2. The molecule has 1 fully saturated rings. The molecule has 0 aromatic heterocycles. The molecule has 0 radical (unpaired) electrons. The maximum absolute atomic E-state index is 13.4. The van der Waals surface area contributed by atoms with E-state index in [9.17, 15) is 19.2 Å². The highest BCUT2D eigenvalue weighted by Crippen LogP contribution is 2.28. The van der Waals surface area contributed by atoms with Gasteiger partial charge in [0.15, 0.2) is 6.29 Å². The summed E-state index contributed by atoms with van der Waals surface area (Å²) in [5.41, 5.74) is 3.08. The van der Waals surface area contributed by atoms with Crippen LogP contribution in [0.1, 0.15) is 76.8 Å². The van der Waals surface area contributed by atoms with Gasteiger partial charge in [-0.3, -0.25) is 14.4 Å². The lowest BCUT2D eigenvalue weighted by atomic mass is 9.95. The van der Waals surface area contributed by atoms with Gasteiger partial charge in [-0.1, -0.05) is 55.7 Å². The average molecular weight is 538 g/mol. The Kier molecular flexibility index (Phi) is 12.0. The molecule has 1 aliphatic rings. The molecule has 0 bridgehead atoms. The van der Waals surface area contributed by atoms with E-state index in [1.807, 2.05) is 6.07 Å². The number of nitrogens with one attached hydrogen (secondary N) is 2. The van der Waals surface area contributed by atoms with E-state index in [-0.39, 0.29) is 24.3 Å². The molecular weight excluding hydrogens is 498 g/mol. The number of benzene rings is 2. The Hall–Kier alpha value is -2.97. The van der Waals surface area contributed by atoms with Crippen molar-refractivity contribution in [2.24, 2.45) is 0 Å². The van der Waals surface area contributed by atoms with Crippen LogP contribution >= 0.6 is 11.8 Å². The summed E-state index contributed by atoms with van der Waals surface area (Å²) in [6.07, 6.45) is 9.05. The molecule has 2 amide bonds. The standard InChI is InChI=1S/C30H39N3O4S/c1-31-28(36)16-15-26(21-35)33(2)30(37)29-24(20-34)7-6-10-27(29)38-18-17-22-11-13-23(14-12-22)19-32-25-8-4-3-5-9-25/h6-7,10-14,20-21,25-26,32H,3-5,8-9,15-19H2,1-2H3,(H,31,36). The van der Waals surface area contributed by atoms with Gasteiger partial charge in [-0.25, -0.2) is 0 Å². The lowest BCUT2D eigenvalue weighted by Crippen LogP contribution is -2.39. The number of carbonyl (C=O) groups excluding carboxylic acids is 4. The quantitative estimate of drug-likeness (QED) is 0.274. The molecule has 1 saturated carbocycles. The highest BCUT2D eigenvalue weighted by Gasteiger charge is 2.25. The van der Waals surface area contributed by atoms with Crippen LogP contribution in [0, 0.1) is 0 Å². The zero-order valence-electron chi connectivity index (χ0n) is 22.4. The highest BCUT2D eigenvalue weighted by molar-refractivity contribution is 7.99. The van der Waals surface area contributed by atoms with Crippen LogP contribution in [0.15, 0.2) is 47.4 Å². The summed E-state index contributed by atoms with van der Waals surface area (Å²) in [5, 5.41) is 6.20. The van der Waals surface area contributed by atoms with Gasteiger partial charge in [0.25, 0.3) is 5.91 Å². The third kappa shape index (κ3) is 8.53. The Balaban J connectivity index is 1.60. The number of carbonyl (C=O) groups is 4. The monoisotopic (exact) mass is 537 g/mol. The zero-order valence-corrected chi connectivity index (χ0v) is 23.2. The number of hydrogen-bond acceptors (Lipinski definition) is 6. The second-order valence-electron chi connectivity index (χ2n) is 9.80. The largest absolute Gasteiger partial charge is 0.359 e. The van der Waals surface area contributed by atoms with Gasteiger partial charge < -0.3 is 20.3 Å². The van der Waals surface area contributed by atoms with Crippen molar-refractivity contribution in [3.05, 3.63) is 64.7 Å². The molecular formula is C30H39N3O4S. The average Bonchev–Trinajstić information content (AvgIpc) is 2.96. The van der Waals surface area contributed by atoms with Crippen LogP contribution in [0.3, 0.4) is 0 Å². The minimum absolute atomic E-state index is 0.129. The smallest absolute Gasteiger partial charge is 0.256 e. The minimum Gasteiger partial charge on any atom is -0.359 e. The molecule has 204 valence electrons. The Labute approximate surface area is 230 Å². The molecule has 1 aliphatic carbocycles. The molecule has 0 heterocycles. The van der Waals surface area contributed by atoms with E-state index in [2.05, 4.69) is 34.9 Å². The maximum atomic E-state index is 13.4. The predicted molar refractivity (Wildman–Crippen MR) is 152 cm³/mol. The van der Waals surface area contributed by atoms with Crippen LogP contribution in [0.4, 0.5) is 0 Å². The van der Waals surface area contributed by atoms with Gasteiger partial charge in [-0.15, -0.1) is 11.8 Å². The van der Waals surface area contributed by atoms with Crippen molar-refractivity contribution in [2.75, 3.05) is 19.8 Å². The normalized spacial score (nSPS) is 14.5. The summed E-state index contributed by atoms with van der Waals surface area (Å²) in [6.45, 7) is 0.891. The van der Waals surface area contributed by atoms with Crippen LogP contribution in [0.5, 0.6) is 0 Å². The molecule has 38 heavy (non-hydrogen) atoms. The van der Waals surface area contributed by atoms with Crippen LogP contribution < -0.4 is 10.6 Å². The van der Waals surface area contributed by atoms with Crippen molar-refractivity contribution in [3.63, 3.8) is 0 Å². The summed E-state index contributed by atoms with van der Waals surface area (Å²) >= 11 is 1.52. The lowest BCUT2D eigenvalue weighted by molar-refractivity contribution is -0.121.